The minimum atomic E-state index is 0.0823. The van der Waals surface area contributed by atoms with Gasteiger partial charge in [-0.15, -0.1) is 0 Å². The normalized spacial score (nSPS) is 18.4. The molecular formula is C34H34N2O2. The number of nitrogens with one attached hydrogen (secondary N) is 1. The molecule has 4 aromatic rings. The van der Waals surface area contributed by atoms with Crippen molar-refractivity contribution >= 4 is 5.91 Å². The van der Waals surface area contributed by atoms with Crippen LogP contribution in [0, 0.1) is 5.92 Å². The molecule has 2 aliphatic rings. The van der Waals surface area contributed by atoms with Gasteiger partial charge in [-0.3, -0.25) is 9.69 Å². The van der Waals surface area contributed by atoms with Crippen molar-refractivity contribution in [2.24, 2.45) is 5.92 Å². The van der Waals surface area contributed by atoms with E-state index in [1.165, 1.54) is 38.9 Å². The van der Waals surface area contributed by atoms with E-state index in [1.807, 2.05) is 12.1 Å². The molecule has 4 aromatic carbocycles. The van der Waals surface area contributed by atoms with Crippen molar-refractivity contribution in [2.75, 3.05) is 13.7 Å². The standard InChI is InChI=1S/C34H34N2O2/c1-38-28-14-8-13-26(19-28)29-16-15-27(21-35-34(37)32-20-31(32)25-11-6-3-7-12-25)33-23-36(18-17-30(29)33)22-24-9-4-2-5-10-24/h2-16,19,31-32H,17-18,20-23H2,1H3,(H,35,37). The Morgan fingerprint density at radius 3 is 2.50 bits per heavy atom. The monoisotopic (exact) mass is 502 g/mol. The number of fused-ring (bicyclic) bond motifs is 1. The second-order valence-electron chi connectivity index (χ2n) is 10.5. The van der Waals surface area contributed by atoms with E-state index in [2.05, 4.69) is 95.1 Å². The molecule has 6 rings (SSSR count). The molecule has 1 saturated carbocycles. The number of ether oxygens (including phenoxy) is 1. The van der Waals surface area contributed by atoms with Gasteiger partial charge in [0, 0.05) is 32.1 Å². The summed E-state index contributed by atoms with van der Waals surface area (Å²) in [6.45, 7) is 3.38. The van der Waals surface area contributed by atoms with Crippen molar-refractivity contribution in [2.45, 2.75) is 38.4 Å². The molecular weight excluding hydrogens is 468 g/mol. The lowest BCUT2D eigenvalue weighted by atomic mass is 9.87. The summed E-state index contributed by atoms with van der Waals surface area (Å²) < 4.78 is 5.51. The highest BCUT2D eigenvalue weighted by atomic mass is 16.5. The molecule has 1 heterocycles. The van der Waals surface area contributed by atoms with Gasteiger partial charge >= 0.3 is 0 Å². The lowest BCUT2D eigenvalue weighted by Gasteiger charge is -2.32. The molecule has 1 fully saturated rings. The molecule has 1 amide bonds. The molecule has 2 unspecified atom stereocenters. The number of amides is 1. The van der Waals surface area contributed by atoms with Gasteiger partial charge in [0.1, 0.15) is 5.75 Å². The first-order valence-electron chi connectivity index (χ1n) is 13.6. The molecule has 0 aromatic heterocycles. The largest absolute Gasteiger partial charge is 0.497 e. The maximum absolute atomic E-state index is 13.1. The summed E-state index contributed by atoms with van der Waals surface area (Å²) in [6.07, 6.45) is 1.92. The van der Waals surface area contributed by atoms with Crippen LogP contribution in [0.15, 0.2) is 97.1 Å². The van der Waals surface area contributed by atoms with Crippen molar-refractivity contribution < 1.29 is 9.53 Å². The predicted molar refractivity (Wildman–Crippen MR) is 152 cm³/mol. The van der Waals surface area contributed by atoms with Gasteiger partial charge in [0.05, 0.1) is 7.11 Å². The number of hydrogen-bond acceptors (Lipinski definition) is 3. The Bertz CT molecular complexity index is 1420. The summed E-state index contributed by atoms with van der Waals surface area (Å²) in [6, 6.07) is 33.8. The first-order chi connectivity index (χ1) is 18.7. The third-order valence-corrected chi connectivity index (χ3v) is 8.03. The number of benzene rings is 4. The first kappa shape index (κ1) is 24.4. The molecule has 192 valence electrons. The Balaban J connectivity index is 1.24. The van der Waals surface area contributed by atoms with Gasteiger partial charge < -0.3 is 10.1 Å². The molecule has 1 aliphatic heterocycles. The molecule has 1 aliphatic carbocycles. The Labute approximate surface area is 225 Å². The number of nitrogens with zero attached hydrogens (tertiary/aromatic N) is 1. The number of carbonyl (C=O) groups is 1. The lowest BCUT2D eigenvalue weighted by molar-refractivity contribution is -0.122. The number of hydrogen-bond donors (Lipinski definition) is 1. The smallest absolute Gasteiger partial charge is 0.224 e. The van der Waals surface area contributed by atoms with Gasteiger partial charge in [-0.05, 0) is 69.8 Å². The molecule has 0 spiro atoms. The molecule has 1 N–H and O–H groups in total. The number of rotatable bonds is 8. The van der Waals surface area contributed by atoms with Gasteiger partial charge in [0.25, 0.3) is 0 Å². The number of methoxy groups -OCH3 is 1. The summed E-state index contributed by atoms with van der Waals surface area (Å²) in [7, 11) is 1.71. The Morgan fingerprint density at radius 2 is 1.71 bits per heavy atom. The third-order valence-electron chi connectivity index (χ3n) is 8.03. The van der Waals surface area contributed by atoms with Gasteiger partial charge in [-0.25, -0.2) is 0 Å². The van der Waals surface area contributed by atoms with Crippen LogP contribution in [-0.4, -0.2) is 24.5 Å². The fourth-order valence-electron chi connectivity index (χ4n) is 5.87. The lowest BCUT2D eigenvalue weighted by Crippen LogP contribution is -2.32. The van der Waals surface area contributed by atoms with E-state index < -0.39 is 0 Å². The van der Waals surface area contributed by atoms with Crippen molar-refractivity contribution in [3.8, 4) is 16.9 Å². The van der Waals surface area contributed by atoms with Crippen molar-refractivity contribution in [1.82, 2.24) is 10.2 Å². The molecule has 4 heteroatoms. The molecule has 38 heavy (non-hydrogen) atoms. The highest BCUT2D eigenvalue weighted by molar-refractivity contribution is 5.83. The minimum absolute atomic E-state index is 0.0823. The average molecular weight is 503 g/mol. The van der Waals surface area contributed by atoms with Gasteiger partial charge in [-0.1, -0.05) is 84.9 Å². The summed E-state index contributed by atoms with van der Waals surface area (Å²) in [5, 5.41) is 3.28. The highest BCUT2D eigenvalue weighted by Crippen LogP contribution is 2.47. The van der Waals surface area contributed by atoms with Crippen molar-refractivity contribution in [1.29, 1.82) is 0 Å². The molecule has 2 atom stereocenters. The van der Waals surface area contributed by atoms with Crippen LogP contribution < -0.4 is 10.1 Å². The van der Waals surface area contributed by atoms with E-state index in [0.29, 0.717) is 12.5 Å². The van der Waals surface area contributed by atoms with Crippen LogP contribution in [0.25, 0.3) is 11.1 Å². The van der Waals surface area contributed by atoms with E-state index in [9.17, 15) is 4.79 Å². The zero-order valence-corrected chi connectivity index (χ0v) is 21.9. The summed E-state index contributed by atoms with van der Waals surface area (Å²) in [5.74, 6) is 1.47. The van der Waals surface area contributed by atoms with Crippen LogP contribution in [0.5, 0.6) is 5.75 Å². The summed E-state index contributed by atoms with van der Waals surface area (Å²) in [4.78, 5) is 15.6. The van der Waals surface area contributed by atoms with Crippen LogP contribution in [0.3, 0.4) is 0 Å². The second kappa shape index (κ2) is 10.8. The quantitative estimate of drug-likeness (QED) is 0.306. The summed E-state index contributed by atoms with van der Waals surface area (Å²) in [5.41, 5.74) is 9.00. The predicted octanol–water partition coefficient (Wildman–Crippen LogP) is 6.34. The Morgan fingerprint density at radius 1 is 0.921 bits per heavy atom. The van der Waals surface area contributed by atoms with E-state index in [-0.39, 0.29) is 11.8 Å². The van der Waals surface area contributed by atoms with Crippen LogP contribution in [0.2, 0.25) is 0 Å². The van der Waals surface area contributed by atoms with Crippen LogP contribution in [0.4, 0.5) is 0 Å². The molecule has 0 radical (unpaired) electrons. The Kier molecular flexibility index (Phi) is 6.98. The Hall–Kier alpha value is -3.89. The number of carbonyl (C=O) groups excluding carboxylic acids is 1. The molecule has 0 bridgehead atoms. The highest BCUT2D eigenvalue weighted by Gasteiger charge is 2.43. The first-order valence-corrected chi connectivity index (χ1v) is 13.6. The van der Waals surface area contributed by atoms with Gasteiger partial charge in [0.15, 0.2) is 0 Å². The average Bonchev–Trinajstić information content (AvgIpc) is 3.78. The van der Waals surface area contributed by atoms with Crippen LogP contribution >= 0.6 is 0 Å². The molecule has 0 saturated heterocycles. The van der Waals surface area contributed by atoms with Crippen LogP contribution in [-0.2, 0) is 30.8 Å². The van der Waals surface area contributed by atoms with E-state index >= 15 is 0 Å². The fraction of sp³-hybridized carbons (Fsp3) is 0.265. The molecule has 4 nitrogen and oxygen atoms in total. The zero-order chi connectivity index (χ0) is 25.9. The van der Waals surface area contributed by atoms with E-state index in [4.69, 9.17) is 4.74 Å². The SMILES string of the molecule is COc1cccc(-c2ccc(CNC(=O)C3CC3c3ccccc3)c3c2CCN(Cc2ccccc2)C3)c1. The topological polar surface area (TPSA) is 41.6 Å². The maximum Gasteiger partial charge on any atom is 0.224 e. The van der Waals surface area contributed by atoms with E-state index in [1.54, 1.807) is 7.11 Å². The minimum Gasteiger partial charge on any atom is -0.497 e. The third kappa shape index (κ3) is 5.23. The van der Waals surface area contributed by atoms with Crippen LogP contribution in [0.1, 0.15) is 40.2 Å². The second-order valence-corrected chi connectivity index (χ2v) is 10.5. The van der Waals surface area contributed by atoms with Crippen molar-refractivity contribution in [3.05, 3.63) is 125 Å². The van der Waals surface area contributed by atoms with Crippen molar-refractivity contribution in [3.63, 3.8) is 0 Å². The zero-order valence-electron chi connectivity index (χ0n) is 21.9. The van der Waals surface area contributed by atoms with Gasteiger partial charge in [-0.2, -0.15) is 0 Å². The fourth-order valence-corrected chi connectivity index (χ4v) is 5.87. The van der Waals surface area contributed by atoms with Gasteiger partial charge in [0.2, 0.25) is 5.91 Å². The van der Waals surface area contributed by atoms with E-state index in [0.717, 1.165) is 38.2 Å². The maximum atomic E-state index is 13.1. The summed E-state index contributed by atoms with van der Waals surface area (Å²) >= 11 is 0.